The summed E-state index contributed by atoms with van der Waals surface area (Å²) in [6.07, 6.45) is -0.720. The second-order valence-electron chi connectivity index (χ2n) is 4.95. The number of hydrogen-bond acceptors (Lipinski definition) is 5. The molecule has 2 aromatic rings. The van der Waals surface area contributed by atoms with Crippen molar-refractivity contribution in [3.05, 3.63) is 42.5 Å². The molecule has 3 rings (SSSR count). The Morgan fingerprint density at radius 2 is 1.74 bits per heavy atom. The maximum atomic E-state index is 12.4. The number of para-hydroxylation sites is 2. The van der Waals surface area contributed by atoms with E-state index in [0.717, 1.165) is 0 Å². The summed E-state index contributed by atoms with van der Waals surface area (Å²) in [5.74, 6) is 2.08. The van der Waals surface area contributed by atoms with Crippen LogP contribution in [0.3, 0.4) is 0 Å². The highest BCUT2D eigenvalue weighted by molar-refractivity contribution is 5.95. The van der Waals surface area contributed by atoms with Crippen molar-refractivity contribution in [2.45, 2.75) is 6.10 Å². The predicted molar refractivity (Wildman–Crippen MR) is 84.5 cm³/mol. The molecule has 0 radical (unpaired) electrons. The van der Waals surface area contributed by atoms with Crippen LogP contribution in [0.5, 0.6) is 23.0 Å². The number of fused-ring (bicyclic) bond motifs is 1. The van der Waals surface area contributed by atoms with Gasteiger partial charge < -0.3 is 24.3 Å². The second-order valence-corrected chi connectivity index (χ2v) is 4.95. The van der Waals surface area contributed by atoms with Gasteiger partial charge in [0.2, 0.25) is 6.10 Å². The minimum absolute atomic E-state index is 0.157. The Kier molecular flexibility index (Phi) is 4.23. The highest BCUT2D eigenvalue weighted by Gasteiger charge is 2.27. The maximum Gasteiger partial charge on any atom is 0.269 e. The van der Waals surface area contributed by atoms with Gasteiger partial charge in [0.15, 0.2) is 11.5 Å². The van der Waals surface area contributed by atoms with Crippen LogP contribution in [0.25, 0.3) is 0 Å². The largest absolute Gasteiger partial charge is 0.497 e. The van der Waals surface area contributed by atoms with Crippen molar-refractivity contribution in [3.63, 3.8) is 0 Å². The average Bonchev–Trinajstić information content (AvgIpc) is 2.60. The van der Waals surface area contributed by atoms with Crippen molar-refractivity contribution < 1.29 is 23.7 Å². The first-order valence-corrected chi connectivity index (χ1v) is 7.12. The lowest BCUT2D eigenvalue weighted by Crippen LogP contribution is -2.40. The molecule has 23 heavy (non-hydrogen) atoms. The van der Waals surface area contributed by atoms with Crippen molar-refractivity contribution in [1.82, 2.24) is 0 Å². The monoisotopic (exact) mass is 315 g/mol. The minimum atomic E-state index is -0.720. The molecule has 1 heterocycles. The zero-order valence-electron chi connectivity index (χ0n) is 12.9. The molecule has 0 fully saturated rings. The smallest absolute Gasteiger partial charge is 0.269 e. The number of methoxy groups -OCH3 is 2. The topological polar surface area (TPSA) is 66.0 Å². The van der Waals surface area contributed by atoms with E-state index in [4.69, 9.17) is 18.9 Å². The van der Waals surface area contributed by atoms with Gasteiger partial charge in [0.25, 0.3) is 5.91 Å². The summed E-state index contributed by atoms with van der Waals surface area (Å²) >= 11 is 0. The molecule has 0 unspecified atom stereocenters. The first-order chi connectivity index (χ1) is 11.2. The summed E-state index contributed by atoms with van der Waals surface area (Å²) in [4.78, 5) is 12.4. The third kappa shape index (κ3) is 3.31. The zero-order valence-corrected chi connectivity index (χ0v) is 12.9. The Hall–Kier alpha value is -2.89. The lowest BCUT2D eigenvalue weighted by Gasteiger charge is -2.25. The van der Waals surface area contributed by atoms with Gasteiger partial charge in [-0.25, -0.2) is 0 Å². The van der Waals surface area contributed by atoms with Gasteiger partial charge in [-0.05, 0) is 12.1 Å². The van der Waals surface area contributed by atoms with Crippen molar-refractivity contribution in [3.8, 4) is 23.0 Å². The van der Waals surface area contributed by atoms with Gasteiger partial charge >= 0.3 is 0 Å². The molecular formula is C17H17NO5. The molecule has 120 valence electrons. The number of amides is 1. The normalized spacial score (nSPS) is 15.7. The van der Waals surface area contributed by atoms with E-state index in [-0.39, 0.29) is 12.5 Å². The molecule has 0 aliphatic carbocycles. The van der Waals surface area contributed by atoms with E-state index in [1.165, 1.54) is 0 Å². The van der Waals surface area contributed by atoms with E-state index in [1.807, 2.05) is 12.1 Å². The fourth-order valence-corrected chi connectivity index (χ4v) is 2.25. The number of carbonyl (C=O) groups is 1. The van der Waals surface area contributed by atoms with Crippen LogP contribution in [0.1, 0.15) is 0 Å². The Morgan fingerprint density at radius 3 is 2.39 bits per heavy atom. The van der Waals surface area contributed by atoms with Crippen molar-refractivity contribution >= 4 is 11.6 Å². The molecule has 1 amide bonds. The summed E-state index contributed by atoms with van der Waals surface area (Å²) in [5, 5.41) is 2.79. The molecule has 2 aromatic carbocycles. The standard InChI is InChI=1S/C17H17NO5/c1-20-12-7-11(8-13(9-12)21-2)18-17(19)16-10-22-14-5-3-4-6-15(14)23-16/h3-9,16H,10H2,1-2H3,(H,18,19)/t16-/m0/s1. The summed E-state index contributed by atoms with van der Waals surface area (Å²) in [6, 6.07) is 12.4. The van der Waals surface area contributed by atoms with Crippen LogP contribution >= 0.6 is 0 Å². The molecule has 6 nitrogen and oxygen atoms in total. The van der Waals surface area contributed by atoms with Crippen molar-refractivity contribution in [1.29, 1.82) is 0 Å². The molecule has 0 spiro atoms. The predicted octanol–water partition coefficient (Wildman–Crippen LogP) is 2.48. The lowest BCUT2D eigenvalue weighted by atomic mass is 10.2. The third-order valence-electron chi connectivity index (χ3n) is 3.42. The Morgan fingerprint density at radius 1 is 1.09 bits per heavy atom. The summed E-state index contributed by atoms with van der Waals surface area (Å²) < 4.78 is 21.6. The van der Waals surface area contributed by atoms with E-state index in [1.54, 1.807) is 44.6 Å². The number of nitrogens with one attached hydrogen (secondary N) is 1. The molecular weight excluding hydrogens is 298 g/mol. The quantitative estimate of drug-likeness (QED) is 0.939. The van der Waals surface area contributed by atoms with E-state index < -0.39 is 6.10 Å². The number of carbonyl (C=O) groups excluding carboxylic acids is 1. The number of rotatable bonds is 4. The van der Waals surface area contributed by atoms with Crippen LogP contribution in [-0.4, -0.2) is 32.8 Å². The molecule has 0 saturated heterocycles. The molecule has 1 N–H and O–H groups in total. The first kappa shape index (κ1) is 15.0. The molecule has 6 heteroatoms. The van der Waals surface area contributed by atoms with Crippen molar-refractivity contribution in [2.24, 2.45) is 0 Å². The van der Waals surface area contributed by atoms with E-state index in [9.17, 15) is 4.79 Å². The van der Waals surface area contributed by atoms with Crippen LogP contribution < -0.4 is 24.3 Å². The molecule has 0 bridgehead atoms. The van der Waals surface area contributed by atoms with E-state index in [0.29, 0.717) is 28.7 Å². The fraction of sp³-hybridized carbons (Fsp3) is 0.235. The van der Waals surface area contributed by atoms with Crippen LogP contribution in [0, 0.1) is 0 Å². The summed E-state index contributed by atoms with van der Waals surface area (Å²) in [5.41, 5.74) is 0.564. The number of ether oxygens (including phenoxy) is 4. The highest BCUT2D eigenvalue weighted by atomic mass is 16.6. The Labute approximate surface area is 133 Å². The number of benzene rings is 2. The molecule has 1 aliphatic heterocycles. The number of anilines is 1. The van der Waals surface area contributed by atoms with Crippen LogP contribution in [0.2, 0.25) is 0 Å². The van der Waals surface area contributed by atoms with Crippen LogP contribution in [-0.2, 0) is 4.79 Å². The fourth-order valence-electron chi connectivity index (χ4n) is 2.25. The molecule has 1 aliphatic rings. The van der Waals surface area contributed by atoms with Gasteiger partial charge in [-0.2, -0.15) is 0 Å². The Balaban J connectivity index is 1.73. The molecule has 0 aromatic heterocycles. The molecule has 1 atom stereocenters. The third-order valence-corrected chi connectivity index (χ3v) is 3.42. The minimum Gasteiger partial charge on any atom is -0.497 e. The maximum absolute atomic E-state index is 12.4. The van der Waals surface area contributed by atoms with Gasteiger partial charge in [0.05, 0.1) is 14.2 Å². The van der Waals surface area contributed by atoms with Gasteiger partial charge in [0, 0.05) is 23.9 Å². The molecule has 0 saturated carbocycles. The Bertz CT molecular complexity index is 694. The highest BCUT2D eigenvalue weighted by Crippen LogP contribution is 2.31. The van der Waals surface area contributed by atoms with Gasteiger partial charge in [-0.3, -0.25) is 4.79 Å². The lowest BCUT2D eigenvalue weighted by molar-refractivity contribution is -0.125. The zero-order chi connectivity index (χ0) is 16.2. The SMILES string of the molecule is COc1cc(NC(=O)[C@@H]2COc3ccccc3O2)cc(OC)c1. The van der Waals surface area contributed by atoms with Gasteiger partial charge in [0.1, 0.15) is 18.1 Å². The van der Waals surface area contributed by atoms with E-state index in [2.05, 4.69) is 5.32 Å². The average molecular weight is 315 g/mol. The second kappa shape index (κ2) is 6.48. The van der Waals surface area contributed by atoms with Crippen LogP contribution in [0.15, 0.2) is 42.5 Å². The van der Waals surface area contributed by atoms with Gasteiger partial charge in [-0.1, -0.05) is 12.1 Å². The van der Waals surface area contributed by atoms with E-state index >= 15 is 0 Å². The summed E-state index contributed by atoms with van der Waals surface area (Å²) in [7, 11) is 3.10. The van der Waals surface area contributed by atoms with Gasteiger partial charge in [-0.15, -0.1) is 0 Å². The van der Waals surface area contributed by atoms with Crippen LogP contribution in [0.4, 0.5) is 5.69 Å². The number of hydrogen-bond donors (Lipinski definition) is 1. The summed E-state index contributed by atoms with van der Waals surface area (Å²) in [6.45, 7) is 0.157. The first-order valence-electron chi connectivity index (χ1n) is 7.12. The van der Waals surface area contributed by atoms with Crippen molar-refractivity contribution in [2.75, 3.05) is 26.1 Å².